The highest BCUT2D eigenvalue weighted by Gasteiger charge is 2.32. The lowest BCUT2D eigenvalue weighted by atomic mass is 9.87. The fraction of sp³-hybridized carbons (Fsp3) is 0.444. The van der Waals surface area contributed by atoms with Crippen LogP contribution in [0.15, 0.2) is 42.6 Å². The summed E-state index contributed by atoms with van der Waals surface area (Å²) >= 11 is 0. The Morgan fingerprint density at radius 3 is 2.64 bits per heavy atom. The first kappa shape index (κ1) is 22.0. The van der Waals surface area contributed by atoms with Crippen LogP contribution in [-0.4, -0.2) is 46.7 Å². The summed E-state index contributed by atoms with van der Waals surface area (Å²) in [6, 6.07) is 13.1. The lowest BCUT2D eigenvalue weighted by molar-refractivity contribution is 0.0696. The van der Waals surface area contributed by atoms with Gasteiger partial charge in [-0.1, -0.05) is 18.6 Å². The van der Waals surface area contributed by atoms with Crippen molar-refractivity contribution in [2.75, 3.05) is 13.7 Å². The molecule has 1 saturated carbocycles. The number of aromatic amines is 1. The van der Waals surface area contributed by atoms with Crippen LogP contribution in [-0.2, 0) is 6.54 Å². The third-order valence-electron chi connectivity index (χ3n) is 7.52. The largest absolute Gasteiger partial charge is 0.496 e. The summed E-state index contributed by atoms with van der Waals surface area (Å²) in [6.45, 7) is 3.88. The maximum absolute atomic E-state index is 11.4. The number of hydrogen-bond acceptors (Lipinski definition) is 4. The van der Waals surface area contributed by atoms with Gasteiger partial charge in [-0.3, -0.25) is 4.90 Å². The minimum atomic E-state index is -0.884. The predicted molar refractivity (Wildman–Crippen MR) is 130 cm³/mol. The number of carboxylic acids is 1. The number of aromatic carboxylic acids is 1. The minimum Gasteiger partial charge on any atom is -0.496 e. The summed E-state index contributed by atoms with van der Waals surface area (Å²) in [6.07, 6.45) is 8.03. The smallest absolute Gasteiger partial charge is 0.335 e. The van der Waals surface area contributed by atoms with Crippen LogP contribution in [0, 0.1) is 6.92 Å². The number of aromatic nitrogens is 1. The molecule has 0 bridgehead atoms. The first-order chi connectivity index (χ1) is 16.0. The van der Waals surface area contributed by atoms with Gasteiger partial charge in [0.25, 0.3) is 0 Å². The number of nitrogens with one attached hydrogen (secondary N) is 2. The third kappa shape index (κ3) is 4.37. The maximum atomic E-state index is 11.4. The molecule has 1 aromatic heterocycles. The van der Waals surface area contributed by atoms with Gasteiger partial charge in [0.05, 0.1) is 12.7 Å². The first-order valence-electron chi connectivity index (χ1n) is 12.0. The van der Waals surface area contributed by atoms with E-state index >= 15 is 0 Å². The van der Waals surface area contributed by atoms with Gasteiger partial charge in [0.15, 0.2) is 0 Å². The third-order valence-corrected chi connectivity index (χ3v) is 7.52. The molecule has 3 N–H and O–H groups in total. The van der Waals surface area contributed by atoms with E-state index in [0.29, 0.717) is 17.6 Å². The number of aryl methyl sites for hydroxylation is 1. The van der Waals surface area contributed by atoms with Crippen molar-refractivity contribution in [1.82, 2.24) is 15.2 Å². The number of hydrogen-bond donors (Lipinski definition) is 3. The topological polar surface area (TPSA) is 77.6 Å². The Morgan fingerprint density at radius 2 is 1.97 bits per heavy atom. The zero-order valence-electron chi connectivity index (χ0n) is 19.4. The summed E-state index contributed by atoms with van der Waals surface area (Å²) in [4.78, 5) is 17.3. The van der Waals surface area contributed by atoms with Crippen LogP contribution < -0.4 is 10.1 Å². The van der Waals surface area contributed by atoms with Gasteiger partial charge in [-0.2, -0.15) is 0 Å². The van der Waals surface area contributed by atoms with E-state index in [0.717, 1.165) is 37.2 Å². The molecule has 6 heteroatoms. The Morgan fingerprint density at radius 1 is 1.18 bits per heavy atom. The quantitative estimate of drug-likeness (QED) is 0.473. The van der Waals surface area contributed by atoms with E-state index in [1.807, 2.05) is 18.3 Å². The molecule has 3 aromatic rings. The summed E-state index contributed by atoms with van der Waals surface area (Å²) in [5.74, 6) is 0.0418. The molecule has 2 aliphatic rings. The van der Waals surface area contributed by atoms with Gasteiger partial charge >= 0.3 is 5.97 Å². The predicted octanol–water partition coefficient (Wildman–Crippen LogP) is 5.03. The van der Waals surface area contributed by atoms with E-state index < -0.39 is 5.97 Å². The Kier molecular flexibility index (Phi) is 6.13. The molecule has 5 rings (SSSR count). The van der Waals surface area contributed by atoms with Gasteiger partial charge < -0.3 is 20.1 Å². The zero-order valence-corrected chi connectivity index (χ0v) is 19.4. The number of methoxy groups -OCH3 is 1. The van der Waals surface area contributed by atoms with Gasteiger partial charge in [-0.15, -0.1) is 0 Å². The molecular formula is C27H33N3O3. The van der Waals surface area contributed by atoms with Crippen molar-refractivity contribution < 1.29 is 14.6 Å². The second-order valence-corrected chi connectivity index (χ2v) is 9.57. The molecular weight excluding hydrogens is 414 g/mol. The molecule has 0 unspecified atom stereocenters. The molecule has 2 atom stereocenters. The molecule has 6 nitrogen and oxygen atoms in total. The highest BCUT2D eigenvalue weighted by molar-refractivity contribution is 5.88. The molecule has 2 heterocycles. The van der Waals surface area contributed by atoms with Crippen molar-refractivity contribution >= 4 is 16.9 Å². The van der Waals surface area contributed by atoms with E-state index in [4.69, 9.17) is 4.74 Å². The van der Waals surface area contributed by atoms with Crippen LogP contribution in [0.4, 0.5) is 0 Å². The number of fused-ring (bicyclic) bond motifs is 1. The summed E-state index contributed by atoms with van der Waals surface area (Å²) in [5, 5.41) is 14.4. The first-order valence-corrected chi connectivity index (χ1v) is 12.0. The zero-order chi connectivity index (χ0) is 22.9. The van der Waals surface area contributed by atoms with E-state index in [1.165, 1.54) is 41.3 Å². The average molecular weight is 448 g/mol. The van der Waals surface area contributed by atoms with Crippen LogP contribution in [0.3, 0.4) is 0 Å². The number of carboxylic acid groups (broad SMARTS) is 1. The van der Waals surface area contributed by atoms with E-state index in [2.05, 4.69) is 34.3 Å². The average Bonchev–Trinajstić information content (AvgIpc) is 3.29. The van der Waals surface area contributed by atoms with Gasteiger partial charge in [-0.05, 0) is 68.0 Å². The van der Waals surface area contributed by atoms with Crippen molar-refractivity contribution in [3.05, 3.63) is 64.8 Å². The molecule has 2 fully saturated rings. The highest BCUT2D eigenvalue weighted by atomic mass is 16.5. The molecule has 1 aliphatic heterocycles. The van der Waals surface area contributed by atoms with Gasteiger partial charge in [0.1, 0.15) is 5.75 Å². The fourth-order valence-electron chi connectivity index (χ4n) is 5.44. The molecule has 1 aliphatic carbocycles. The standard InChI is InChI=1S/C27H33N3O3/c1-17-14-25(33-2)23(22-10-12-28-26(17)22)16-30-13-11-21(29-20-4-3-5-20)15-24(30)18-6-8-19(9-7-18)27(31)32/h6-10,12,14,20-21,24,28-29H,3-5,11,13,15-16H2,1-2H3,(H,31,32)/t21-,24-/m1/s1. The molecule has 2 aromatic carbocycles. The number of likely N-dealkylation sites (tertiary alicyclic amines) is 1. The minimum absolute atomic E-state index is 0.221. The molecule has 0 radical (unpaired) electrons. The Bertz CT molecular complexity index is 1130. The van der Waals surface area contributed by atoms with Crippen molar-refractivity contribution in [3.63, 3.8) is 0 Å². The van der Waals surface area contributed by atoms with Crippen LogP contribution in [0.2, 0.25) is 0 Å². The fourth-order valence-corrected chi connectivity index (χ4v) is 5.44. The number of ether oxygens (including phenoxy) is 1. The Hall–Kier alpha value is -2.83. The maximum Gasteiger partial charge on any atom is 0.335 e. The normalized spacial score (nSPS) is 21.8. The summed E-state index contributed by atoms with van der Waals surface area (Å²) in [5.41, 5.74) is 5.06. The van der Waals surface area contributed by atoms with Crippen molar-refractivity contribution in [3.8, 4) is 5.75 Å². The van der Waals surface area contributed by atoms with Crippen molar-refractivity contribution in [2.24, 2.45) is 0 Å². The van der Waals surface area contributed by atoms with Gasteiger partial charge in [0, 0.05) is 53.9 Å². The lowest BCUT2D eigenvalue weighted by Gasteiger charge is -2.42. The van der Waals surface area contributed by atoms with E-state index in [-0.39, 0.29) is 6.04 Å². The summed E-state index contributed by atoms with van der Waals surface area (Å²) < 4.78 is 5.81. The number of H-pyrrole nitrogens is 1. The monoisotopic (exact) mass is 447 g/mol. The second-order valence-electron chi connectivity index (χ2n) is 9.57. The number of piperidine rings is 1. The number of benzene rings is 2. The molecule has 1 saturated heterocycles. The van der Waals surface area contributed by atoms with E-state index in [9.17, 15) is 9.90 Å². The van der Waals surface area contributed by atoms with Crippen molar-refractivity contribution in [2.45, 2.75) is 63.7 Å². The van der Waals surface area contributed by atoms with Crippen LogP contribution >= 0.6 is 0 Å². The number of rotatable bonds is 7. The van der Waals surface area contributed by atoms with Crippen LogP contribution in [0.1, 0.15) is 65.2 Å². The number of carbonyl (C=O) groups is 1. The molecule has 0 spiro atoms. The molecule has 33 heavy (non-hydrogen) atoms. The number of nitrogens with zero attached hydrogens (tertiary/aromatic N) is 1. The molecule has 174 valence electrons. The summed E-state index contributed by atoms with van der Waals surface area (Å²) in [7, 11) is 1.74. The highest BCUT2D eigenvalue weighted by Crippen LogP contribution is 2.37. The molecule has 0 amide bonds. The lowest BCUT2D eigenvalue weighted by Crippen LogP contribution is -2.49. The van der Waals surface area contributed by atoms with Crippen LogP contribution in [0.5, 0.6) is 5.75 Å². The van der Waals surface area contributed by atoms with Crippen molar-refractivity contribution in [1.29, 1.82) is 0 Å². The Labute approximate surface area is 194 Å². The van der Waals surface area contributed by atoms with E-state index in [1.54, 1.807) is 19.2 Å². The van der Waals surface area contributed by atoms with Gasteiger partial charge in [-0.25, -0.2) is 4.79 Å². The SMILES string of the molecule is COc1cc(C)c2[nH]ccc2c1CN1CC[C@@H](NC2CCC2)C[C@@H]1c1ccc(C(=O)O)cc1. The van der Waals surface area contributed by atoms with Crippen LogP contribution in [0.25, 0.3) is 10.9 Å². The van der Waals surface area contributed by atoms with Gasteiger partial charge in [0.2, 0.25) is 0 Å². The Balaban J connectivity index is 1.46. The second kappa shape index (κ2) is 9.20.